The molecule has 3 rings (SSSR count). The van der Waals surface area contributed by atoms with E-state index in [-0.39, 0.29) is 0 Å². The highest BCUT2D eigenvalue weighted by Crippen LogP contribution is 2.36. The van der Waals surface area contributed by atoms with Gasteiger partial charge >= 0.3 is 0 Å². The Bertz CT molecular complexity index is 635. The van der Waals surface area contributed by atoms with Crippen molar-refractivity contribution in [3.63, 3.8) is 0 Å². The molecule has 0 radical (unpaired) electrons. The zero-order valence-electron chi connectivity index (χ0n) is 11.2. The zero-order chi connectivity index (χ0) is 13.4. The van der Waals surface area contributed by atoms with Crippen LogP contribution in [0.25, 0.3) is 11.0 Å². The molecule has 0 unspecified atom stereocenters. The molecule has 0 amide bonds. The van der Waals surface area contributed by atoms with Crippen molar-refractivity contribution in [3.05, 3.63) is 28.0 Å². The smallest absolute Gasteiger partial charge is 0.178 e. The summed E-state index contributed by atoms with van der Waals surface area (Å²) in [4.78, 5) is 3.30. The van der Waals surface area contributed by atoms with E-state index in [2.05, 4.69) is 16.5 Å². The molecule has 19 heavy (non-hydrogen) atoms. The Balaban J connectivity index is 1.98. The second-order valence-corrected chi connectivity index (χ2v) is 6.37. The number of fused-ring (bicyclic) bond motifs is 1. The maximum Gasteiger partial charge on any atom is 0.178 e. The molecule has 1 aliphatic rings. The van der Waals surface area contributed by atoms with E-state index in [1.807, 2.05) is 18.2 Å². The van der Waals surface area contributed by atoms with Gasteiger partial charge in [-0.1, -0.05) is 24.9 Å². The fraction of sp³-hybridized carbons (Fsp3) is 0.533. The Labute approximate surface area is 123 Å². The van der Waals surface area contributed by atoms with Crippen LogP contribution in [0.15, 0.2) is 18.2 Å². The van der Waals surface area contributed by atoms with E-state index >= 15 is 0 Å². The lowest BCUT2D eigenvalue weighted by atomic mass is 9.84. The van der Waals surface area contributed by atoms with Gasteiger partial charge in [-0.05, 0) is 62.0 Å². The second-order valence-electron chi connectivity index (χ2n) is 5.54. The molecule has 0 aliphatic heterocycles. The zero-order valence-corrected chi connectivity index (χ0v) is 12.7. The maximum atomic E-state index is 6.12. The summed E-state index contributed by atoms with van der Waals surface area (Å²) in [5, 5.41) is 0.775. The summed E-state index contributed by atoms with van der Waals surface area (Å²) >= 11 is 11.6. The fourth-order valence-corrected chi connectivity index (χ4v) is 3.79. The summed E-state index contributed by atoms with van der Waals surface area (Å²) in [5.41, 5.74) is 2.24. The summed E-state index contributed by atoms with van der Waals surface area (Å²) in [7, 11) is 0. The van der Waals surface area contributed by atoms with Crippen LogP contribution in [0, 0.1) is 10.7 Å². The van der Waals surface area contributed by atoms with Crippen LogP contribution >= 0.6 is 23.8 Å². The van der Waals surface area contributed by atoms with E-state index in [0.29, 0.717) is 6.04 Å². The van der Waals surface area contributed by atoms with Crippen LogP contribution in [0.5, 0.6) is 0 Å². The van der Waals surface area contributed by atoms with Crippen LogP contribution in [-0.2, 0) is 0 Å². The molecule has 1 aliphatic carbocycles. The van der Waals surface area contributed by atoms with Crippen molar-refractivity contribution in [2.45, 2.75) is 45.1 Å². The molecule has 0 bridgehead atoms. The predicted molar refractivity (Wildman–Crippen MR) is 83.4 cm³/mol. The average Bonchev–Trinajstić information content (AvgIpc) is 2.74. The third-order valence-electron chi connectivity index (χ3n) is 4.44. The average molecular weight is 295 g/mol. The molecule has 1 saturated carbocycles. The Morgan fingerprint density at radius 3 is 2.74 bits per heavy atom. The predicted octanol–water partition coefficient (Wildman–Crippen LogP) is 5.49. The molecule has 1 heterocycles. The minimum atomic E-state index is 0.530. The molecule has 0 atom stereocenters. The quantitative estimate of drug-likeness (QED) is 0.726. The van der Waals surface area contributed by atoms with E-state index in [1.54, 1.807) is 0 Å². The van der Waals surface area contributed by atoms with Gasteiger partial charge in [0.15, 0.2) is 4.77 Å². The van der Waals surface area contributed by atoms with Gasteiger partial charge in [-0.25, -0.2) is 0 Å². The molecule has 1 aromatic carbocycles. The fourth-order valence-electron chi connectivity index (χ4n) is 3.27. The van der Waals surface area contributed by atoms with Crippen LogP contribution in [0.1, 0.15) is 45.1 Å². The largest absolute Gasteiger partial charge is 0.331 e. The van der Waals surface area contributed by atoms with Gasteiger partial charge in [0.05, 0.1) is 11.0 Å². The van der Waals surface area contributed by atoms with Crippen molar-refractivity contribution >= 4 is 34.9 Å². The van der Waals surface area contributed by atoms with Gasteiger partial charge in [0.25, 0.3) is 0 Å². The number of aromatic nitrogens is 2. The molecule has 2 aromatic rings. The van der Waals surface area contributed by atoms with Crippen LogP contribution in [0.3, 0.4) is 0 Å². The Kier molecular flexibility index (Phi) is 3.68. The Morgan fingerprint density at radius 2 is 2.05 bits per heavy atom. The minimum absolute atomic E-state index is 0.530. The van der Waals surface area contributed by atoms with Crippen LogP contribution in [-0.4, -0.2) is 9.55 Å². The highest BCUT2D eigenvalue weighted by Gasteiger charge is 2.23. The van der Waals surface area contributed by atoms with Gasteiger partial charge in [-0.2, -0.15) is 0 Å². The number of hydrogen-bond donors (Lipinski definition) is 1. The summed E-state index contributed by atoms with van der Waals surface area (Å²) in [6.45, 7) is 2.29. The van der Waals surface area contributed by atoms with Gasteiger partial charge in [0, 0.05) is 11.1 Å². The molecule has 2 nitrogen and oxygen atoms in total. The number of rotatable bonds is 2. The SMILES string of the molecule is CCC1CCC(n2c(=S)[nH]c3ccc(Cl)cc32)CC1. The molecule has 1 aromatic heterocycles. The lowest BCUT2D eigenvalue weighted by molar-refractivity contribution is 0.272. The van der Waals surface area contributed by atoms with Gasteiger partial charge in [0.2, 0.25) is 0 Å². The van der Waals surface area contributed by atoms with Crippen LogP contribution < -0.4 is 0 Å². The summed E-state index contributed by atoms with van der Waals surface area (Å²) in [6.07, 6.45) is 6.39. The number of hydrogen-bond acceptors (Lipinski definition) is 1. The topological polar surface area (TPSA) is 20.7 Å². The van der Waals surface area contributed by atoms with Gasteiger partial charge in [-0.3, -0.25) is 0 Å². The lowest BCUT2D eigenvalue weighted by Crippen LogP contribution is -2.17. The third-order valence-corrected chi connectivity index (χ3v) is 4.97. The van der Waals surface area contributed by atoms with Crippen molar-refractivity contribution in [1.29, 1.82) is 0 Å². The molecule has 1 fully saturated rings. The minimum Gasteiger partial charge on any atom is -0.331 e. The Hall–Kier alpha value is -0.800. The van der Waals surface area contributed by atoms with Crippen molar-refractivity contribution in [2.24, 2.45) is 5.92 Å². The number of nitrogens with one attached hydrogen (secondary N) is 1. The summed E-state index contributed by atoms with van der Waals surface area (Å²) < 4.78 is 3.11. The number of halogens is 1. The number of imidazole rings is 1. The van der Waals surface area contributed by atoms with Crippen molar-refractivity contribution in [2.75, 3.05) is 0 Å². The molecule has 4 heteroatoms. The van der Waals surface area contributed by atoms with Crippen LogP contribution in [0.4, 0.5) is 0 Å². The Morgan fingerprint density at radius 1 is 1.32 bits per heavy atom. The van der Waals surface area contributed by atoms with Gasteiger partial charge < -0.3 is 9.55 Å². The number of nitrogens with zero attached hydrogens (tertiary/aromatic N) is 1. The van der Waals surface area contributed by atoms with Crippen LogP contribution in [0.2, 0.25) is 5.02 Å². The molecular weight excluding hydrogens is 276 g/mol. The first-order valence-corrected chi connectivity index (χ1v) is 7.87. The molecule has 1 N–H and O–H groups in total. The first kappa shape index (κ1) is 13.2. The highest BCUT2D eigenvalue weighted by atomic mass is 35.5. The van der Waals surface area contributed by atoms with Gasteiger partial charge in [-0.15, -0.1) is 0 Å². The first-order chi connectivity index (χ1) is 9.19. The highest BCUT2D eigenvalue weighted by molar-refractivity contribution is 7.71. The monoisotopic (exact) mass is 294 g/mol. The first-order valence-electron chi connectivity index (χ1n) is 7.08. The van der Waals surface area contributed by atoms with E-state index in [4.69, 9.17) is 23.8 Å². The van der Waals surface area contributed by atoms with Crippen molar-refractivity contribution in [3.8, 4) is 0 Å². The second kappa shape index (κ2) is 5.29. The summed E-state index contributed by atoms with van der Waals surface area (Å²) in [5.74, 6) is 0.902. The van der Waals surface area contributed by atoms with E-state index in [1.165, 1.54) is 32.1 Å². The standard InChI is InChI=1S/C15H19ClN2S/c1-2-10-3-6-12(7-4-10)18-14-9-11(16)5-8-13(14)17-15(18)19/h5,8-10,12H,2-4,6-7H2,1H3,(H,17,19). The van der Waals surface area contributed by atoms with Crippen molar-refractivity contribution < 1.29 is 0 Å². The van der Waals surface area contributed by atoms with E-state index < -0.39 is 0 Å². The van der Waals surface area contributed by atoms with Gasteiger partial charge in [0.1, 0.15) is 0 Å². The third kappa shape index (κ3) is 2.46. The summed E-state index contributed by atoms with van der Waals surface area (Å²) in [6, 6.07) is 6.48. The van der Waals surface area contributed by atoms with E-state index in [0.717, 1.165) is 26.7 Å². The van der Waals surface area contributed by atoms with Crippen molar-refractivity contribution in [1.82, 2.24) is 9.55 Å². The lowest BCUT2D eigenvalue weighted by Gasteiger charge is -2.29. The molecule has 0 spiro atoms. The molecule has 0 saturated heterocycles. The number of aromatic amines is 1. The van der Waals surface area contributed by atoms with E-state index in [9.17, 15) is 0 Å². The molecular formula is C15H19ClN2S. The maximum absolute atomic E-state index is 6.12. The number of benzene rings is 1. The molecule has 102 valence electrons. The number of H-pyrrole nitrogens is 1. The normalized spacial score (nSPS) is 23.9.